The van der Waals surface area contributed by atoms with Crippen LogP contribution in [0.3, 0.4) is 0 Å². The van der Waals surface area contributed by atoms with E-state index in [9.17, 15) is 9.59 Å². The third-order valence-corrected chi connectivity index (χ3v) is 2.42. The molecule has 1 aliphatic rings. The van der Waals surface area contributed by atoms with Crippen LogP contribution in [0.25, 0.3) is 0 Å². The molecule has 0 aliphatic heterocycles. The summed E-state index contributed by atoms with van der Waals surface area (Å²) in [6.07, 6.45) is 4.27. The van der Waals surface area contributed by atoms with Crippen molar-refractivity contribution in [2.24, 2.45) is 5.92 Å². The molecule has 0 aromatic carbocycles. The number of carboxylic acid groups (broad SMARTS) is 1. The Balaban J connectivity index is 2.59. The molecule has 0 aromatic heterocycles. The first-order valence-corrected chi connectivity index (χ1v) is 5.68. The van der Waals surface area contributed by atoms with Gasteiger partial charge in [0.2, 0.25) is 0 Å². The first-order chi connectivity index (χ1) is 7.79. The zero-order valence-electron chi connectivity index (χ0n) is 10.4. The van der Waals surface area contributed by atoms with Gasteiger partial charge in [-0.1, -0.05) is 12.2 Å². The second-order valence-electron chi connectivity index (χ2n) is 5.12. The Morgan fingerprint density at radius 2 is 2.06 bits per heavy atom. The standard InChI is InChI=1S/C12H19NO4/c1-12(2,3)17-11(16)13-9-7-5-4-6-8(9)10(14)15/h5,7-9H,4,6H2,1-3H3,(H,13,16)(H,14,15). The topological polar surface area (TPSA) is 75.6 Å². The molecule has 0 saturated heterocycles. The molecular formula is C12H19NO4. The maximum atomic E-state index is 11.5. The fraction of sp³-hybridized carbons (Fsp3) is 0.667. The number of amides is 1. The quantitative estimate of drug-likeness (QED) is 0.724. The third kappa shape index (κ3) is 4.46. The number of hydrogen-bond acceptors (Lipinski definition) is 3. The Morgan fingerprint density at radius 1 is 1.41 bits per heavy atom. The number of carboxylic acids is 1. The van der Waals surface area contributed by atoms with Crippen molar-refractivity contribution < 1.29 is 19.4 Å². The lowest BCUT2D eigenvalue weighted by molar-refractivity contribution is -0.142. The number of alkyl carbamates (subject to hydrolysis) is 1. The van der Waals surface area contributed by atoms with Crippen molar-refractivity contribution in [3.05, 3.63) is 12.2 Å². The van der Waals surface area contributed by atoms with Gasteiger partial charge in [-0.15, -0.1) is 0 Å². The van der Waals surface area contributed by atoms with Gasteiger partial charge in [-0.3, -0.25) is 4.79 Å². The van der Waals surface area contributed by atoms with E-state index in [0.29, 0.717) is 6.42 Å². The lowest BCUT2D eigenvalue weighted by Crippen LogP contribution is -2.45. The summed E-state index contributed by atoms with van der Waals surface area (Å²) >= 11 is 0. The highest BCUT2D eigenvalue weighted by molar-refractivity contribution is 5.74. The summed E-state index contributed by atoms with van der Waals surface area (Å²) in [7, 11) is 0. The molecule has 0 radical (unpaired) electrons. The maximum Gasteiger partial charge on any atom is 0.408 e. The summed E-state index contributed by atoms with van der Waals surface area (Å²) in [4.78, 5) is 22.5. The summed E-state index contributed by atoms with van der Waals surface area (Å²) in [5.41, 5.74) is -0.582. The number of aliphatic carboxylic acids is 1. The second-order valence-corrected chi connectivity index (χ2v) is 5.12. The van der Waals surface area contributed by atoms with Crippen LogP contribution in [0.15, 0.2) is 12.2 Å². The van der Waals surface area contributed by atoms with Gasteiger partial charge in [-0.05, 0) is 33.6 Å². The predicted molar refractivity (Wildman–Crippen MR) is 62.7 cm³/mol. The van der Waals surface area contributed by atoms with E-state index in [4.69, 9.17) is 9.84 Å². The lowest BCUT2D eigenvalue weighted by Gasteiger charge is -2.27. The molecule has 0 fully saturated rings. The number of nitrogens with one attached hydrogen (secondary N) is 1. The molecule has 0 bridgehead atoms. The smallest absolute Gasteiger partial charge is 0.408 e. The van der Waals surface area contributed by atoms with E-state index in [-0.39, 0.29) is 0 Å². The van der Waals surface area contributed by atoms with Gasteiger partial charge in [-0.25, -0.2) is 4.79 Å². The molecule has 0 heterocycles. The molecule has 5 nitrogen and oxygen atoms in total. The molecule has 1 rings (SSSR count). The number of rotatable bonds is 2. The van der Waals surface area contributed by atoms with Crippen molar-refractivity contribution in [1.82, 2.24) is 5.32 Å². The average Bonchev–Trinajstić information content (AvgIpc) is 2.14. The average molecular weight is 241 g/mol. The van der Waals surface area contributed by atoms with Gasteiger partial charge in [0, 0.05) is 0 Å². The molecule has 96 valence electrons. The highest BCUT2D eigenvalue weighted by atomic mass is 16.6. The van der Waals surface area contributed by atoms with Crippen molar-refractivity contribution in [1.29, 1.82) is 0 Å². The van der Waals surface area contributed by atoms with E-state index in [1.165, 1.54) is 0 Å². The third-order valence-electron chi connectivity index (χ3n) is 2.42. The van der Waals surface area contributed by atoms with E-state index in [1.807, 2.05) is 6.08 Å². The van der Waals surface area contributed by atoms with Crippen LogP contribution >= 0.6 is 0 Å². The van der Waals surface area contributed by atoms with Crippen molar-refractivity contribution in [3.8, 4) is 0 Å². The second kappa shape index (κ2) is 5.21. The van der Waals surface area contributed by atoms with Crippen LogP contribution in [0, 0.1) is 5.92 Å². The molecule has 2 atom stereocenters. The summed E-state index contributed by atoms with van der Waals surface area (Å²) in [6, 6.07) is -0.490. The van der Waals surface area contributed by atoms with Crippen molar-refractivity contribution in [3.63, 3.8) is 0 Å². The summed E-state index contributed by atoms with van der Waals surface area (Å²) in [5, 5.41) is 11.6. The Morgan fingerprint density at radius 3 is 2.59 bits per heavy atom. The zero-order chi connectivity index (χ0) is 13.1. The first-order valence-electron chi connectivity index (χ1n) is 5.68. The Kier molecular flexibility index (Phi) is 4.15. The highest BCUT2D eigenvalue weighted by Gasteiger charge is 2.30. The van der Waals surface area contributed by atoms with Gasteiger partial charge in [0.15, 0.2) is 0 Å². The maximum absolute atomic E-state index is 11.5. The summed E-state index contributed by atoms with van der Waals surface area (Å²) in [6.45, 7) is 5.29. The first kappa shape index (κ1) is 13.5. The largest absolute Gasteiger partial charge is 0.481 e. The lowest BCUT2D eigenvalue weighted by atomic mass is 9.90. The van der Waals surface area contributed by atoms with E-state index in [0.717, 1.165) is 6.42 Å². The minimum absolute atomic E-state index is 0.490. The molecule has 0 saturated carbocycles. The monoisotopic (exact) mass is 241 g/mol. The SMILES string of the molecule is CC(C)(C)OC(=O)NC1C=CCCC1C(=O)O. The number of carbonyl (C=O) groups excluding carboxylic acids is 1. The number of carbonyl (C=O) groups is 2. The summed E-state index contributed by atoms with van der Waals surface area (Å²) in [5.74, 6) is -1.47. The summed E-state index contributed by atoms with van der Waals surface area (Å²) < 4.78 is 5.09. The van der Waals surface area contributed by atoms with Crippen LogP contribution in [0.2, 0.25) is 0 Å². The van der Waals surface area contributed by atoms with Crippen LogP contribution in [0.1, 0.15) is 33.6 Å². The molecule has 0 spiro atoms. The molecule has 2 unspecified atom stereocenters. The number of hydrogen-bond donors (Lipinski definition) is 2. The molecule has 5 heteroatoms. The Bertz CT molecular complexity index is 330. The van der Waals surface area contributed by atoms with Gasteiger partial charge in [0.05, 0.1) is 12.0 Å². The van der Waals surface area contributed by atoms with Crippen LogP contribution in [0.4, 0.5) is 4.79 Å². The molecule has 17 heavy (non-hydrogen) atoms. The predicted octanol–water partition coefficient (Wildman–Crippen LogP) is 1.93. The molecule has 2 N–H and O–H groups in total. The highest BCUT2D eigenvalue weighted by Crippen LogP contribution is 2.19. The number of ether oxygens (including phenoxy) is 1. The van der Waals surface area contributed by atoms with Gasteiger partial charge >= 0.3 is 12.1 Å². The molecule has 1 amide bonds. The van der Waals surface area contributed by atoms with Gasteiger partial charge < -0.3 is 15.2 Å². The van der Waals surface area contributed by atoms with E-state index >= 15 is 0 Å². The van der Waals surface area contributed by atoms with Crippen LogP contribution in [0.5, 0.6) is 0 Å². The van der Waals surface area contributed by atoms with Crippen LogP contribution in [-0.2, 0) is 9.53 Å². The normalized spacial score (nSPS) is 24.2. The fourth-order valence-corrected chi connectivity index (χ4v) is 1.70. The Labute approximate surface area is 101 Å². The molecule has 1 aliphatic carbocycles. The van der Waals surface area contributed by atoms with E-state index in [2.05, 4.69) is 5.32 Å². The van der Waals surface area contributed by atoms with Gasteiger partial charge in [0.25, 0.3) is 0 Å². The number of allylic oxidation sites excluding steroid dienone is 1. The van der Waals surface area contributed by atoms with Crippen molar-refractivity contribution >= 4 is 12.1 Å². The van der Waals surface area contributed by atoms with Gasteiger partial charge in [0.1, 0.15) is 5.60 Å². The zero-order valence-corrected chi connectivity index (χ0v) is 10.4. The minimum Gasteiger partial charge on any atom is -0.481 e. The van der Waals surface area contributed by atoms with Crippen molar-refractivity contribution in [2.45, 2.75) is 45.3 Å². The molecule has 0 aromatic rings. The Hall–Kier alpha value is -1.52. The minimum atomic E-state index is -0.893. The van der Waals surface area contributed by atoms with Crippen LogP contribution in [-0.4, -0.2) is 28.8 Å². The van der Waals surface area contributed by atoms with E-state index in [1.54, 1.807) is 26.8 Å². The van der Waals surface area contributed by atoms with Gasteiger partial charge in [-0.2, -0.15) is 0 Å². The molecular weight excluding hydrogens is 222 g/mol. The van der Waals surface area contributed by atoms with Crippen molar-refractivity contribution in [2.75, 3.05) is 0 Å². The fourth-order valence-electron chi connectivity index (χ4n) is 1.70. The van der Waals surface area contributed by atoms with E-state index < -0.39 is 29.6 Å². The van der Waals surface area contributed by atoms with Crippen LogP contribution < -0.4 is 5.32 Å².